The van der Waals surface area contributed by atoms with Gasteiger partial charge < -0.3 is 10.4 Å². The van der Waals surface area contributed by atoms with Crippen LogP contribution in [0, 0.1) is 5.92 Å². The standard InChI is InChI=1S/C11H17ClN2O2S/c1-13-9-7(5-8(16)6-15)3-4-17-10(9)11(12)14-2/h7,11,14-15H,1,3-6H2,2H3/t7?,11-/m0/s1. The van der Waals surface area contributed by atoms with E-state index in [4.69, 9.17) is 16.7 Å². The minimum atomic E-state index is -0.417. The number of aliphatic hydroxyl groups is 1. The normalized spacial score (nSPS) is 22.4. The summed E-state index contributed by atoms with van der Waals surface area (Å²) in [6.45, 7) is 3.14. The molecule has 0 aliphatic carbocycles. The van der Waals surface area contributed by atoms with Crippen LogP contribution >= 0.6 is 23.4 Å². The Balaban J connectivity index is 2.90. The average molecular weight is 277 g/mol. The van der Waals surface area contributed by atoms with Crippen LogP contribution < -0.4 is 5.32 Å². The fraction of sp³-hybridized carbons (Fsp3) is 0.636. The fourth-order valence-corrected chi connectivity index (χ4v) is 3.37. The van der Waals surface area contributed by atoms with Crippen LogP contribution in [0.2, 0.25) is 0 Å². The molecular formula is C11H17ClN2O2S. The molecule has 4 nitrogen and oxygen atoms in total. The number of carbonyl (C=O) groups is 1. The molecule has 0 fully saturated rings. The number of aliphatic hydroxyl groups excluding tert-OH is 1. The molecule has 1 rings (SSSR count). The summed E-state index contributed by atoms with van der Waals surface area (Å²) in [4.78, 5) is 16.3. The van der Waals surface area contributed by atoms with E-state index in [1.54, 1.807) is 18.8 Å². The summed E-state index contributed by atoms with van der Waals surface area (Å²) < 4.78 is 0. The zero-order valence-corrected chi connectivity index (χ0v) is 11.4. The molecule has 96 valence electrons. The van der Waals surface area contributed by atoms with Gasteiger partial charge in [0, 0.05) is 17.2 Å². The zero-order valence-electron chi connectivity index (χ0n) is 9.78. The topological polar surface area (TPSA) is 61.7 Å². The lowest BCUT2D eigenvalue weighted by Crippen LogP contribution is -2.26. The van der Waals surface area contributed by atoms with Gasteiger partial charge in [-0.1, -0.05) is 11.6 Å². The van der Waals surface area contributed by atoms with Gasteiger partial charge in [0.25, 0.3) is 0 Å². The number of rotatable bonds is 6. The number of carbonyl (C=O) groups excluding carboxylic acids is 1. The van der Waals surface area contributed by atoms with Crippen molar-refractivity contribution in [1.82, 2.24) is 5.32 Å². The monoisotopic (exact) mass is 276 g/mol. The molecule has 1 heterocycles. The van der Waals surface area contributed by atoms with Gasteiger partial charge in [-0.3, -0.25) is 9.79 Å². The molecule has 0 saturated carbocycles. The maximum atomic E-state index is 11.3. The molecular weight excluding hydrogens is 260 g/mol. The molecule has 17 heavy (non-hydrogen) atoms. The maximum absolute atomic E-state index is 11.3. The van der Waals surface area contributed by atoms with Crippen molar-refractivity contribution in [3.63, 3.8) is 0 Å². The summed E-state index contributed by atoms with van der Waals surface area (Å²) in [6.07, 6.45) is 1.17. The molecule has 0 aromatic heterocycles. The Labute approximate surface area is 111 Å². The van der Waals surface area contributed by atoms with Crippen LogP contribution in [0.5, 0.6) is 0 Å². The van der Waals surface area contributed by atoms with Crippen molar-refractivity contribution < 1.29 is 9.90 Å². The highest BCUT2D eigenvalue weighted by Crippen LogP contribution is 2.38. The average Bonchev–Trinajstić information content (AvgIpc) is 2.37. The zero-order chi connectivity index (χ0) is 12.8. The van der Waals surface area contributed by atoms with E-state index in [9.17, 15) is 4.79 Å². The van der Waals surface area contributed by atoms with Crippen LogP contribution in [0.25, 0.3) is 0 Å². The Hall–Kier alpha value is -0.360. The highest BCUT2D eigenvalue weighted by Gasteiger charge is 2.27. The highest BCUT2D eigenvalue weighted by atomic mass is 35.5. The molecule has 2 atom stereocenters. The lowest BCUT2D eigenvalue weighted by atomic mass is 9.95. The number of allylic oxidation sites excluding steroid dienone is 1. The second kappa shape index (κ2) is 7.16. The van der Waals surface area contributed by atoms with Gasteiger partial charge in [-0.2, -0.15) is 0 Å². The van der Waals surface area contributed by atoms with E-state index in [-0.39, 0.29) is 17.2 Å². The summed E-state index contributed by atoms with van der Waals surface area (Å²) in [5.74, 6) is 0.763. The maximum Gasteiger partial charge on any atom is 0.158 e. The lowest BCUT2D eigenvalue weighted by Gasteiger charge is -2.27. The van der Waals surface area contributed by atoms with E-state index >= 15 is 0 Å². The number of Topliss-reactive ketones (excluding diaryl/α,β-unsaturated/α-hetero) is 1. The molecule has 1 aliphatic rings. The second-order valence-electron chi connectivity index (χ2n) is 3.79. The minimum Gasteiger partial charge on any atom is -0.389 e. The largest absolute Gasteiger partial charge is 0.389 e. The fourth-order valence-electron chi connectivity index (χ4n) is 1.80. The summed E-state index contributed by atoms with van der Waals surface area (Å²) in [7, 11) is 1.77. The van der Waals surface area contributed by atoms with Gasteiger partial charge in [0.2, 0.25) is 0 Å². The molecule has 0 radical (unpaired) electrons. The van der Waals surface area contributed by atoms with Gasteiger partial charge in [0.05, 0.1) is 5.70 Å². The molecule has 0 aromatic rings. The van der Waals surface area contributed by atoms with Crippen LogP contribution in [-0.4, -0.2) is 42.5 Å². The Kier molecular flexibility index (Phi) is 6.19. The van der Waals surface area contributed by atoms with Crippen LogP contribution in [0.1, 0.15) is 12.8 Å². The Morgan fingerprint density at radius 3 is 3.06 bits per heavy atom. The van der Waals surface area contributed by atoms with Crippen molar-refractivity contribution in [2.24, 2.45) is 10.9 Å². The Morgan fingerprint density at radius 2 is 2.53 bits per heavy atom. The van der Waals surface area contributed by atoms with E-state index < -0.39 is 6.61 Å². The quantitative estimate of drug-likeness (QED) is 0.437. The third-order valence-corrected chi connectivity index (χ3v) is 4.43. The highest BCUT2D eigenvalue weighted by molar-refractivity contribution is 8.03. The van der Waals surface area contributed by atoms with Gasteiger partial charge >= 0.3 is 0 Å². The molecule has 0 aromatic carbocycles. The first kappa shape index (κ1) is 14.7. The molecule has 1 aliphatic heterocycles. The summed E-state index contributed by atoms with van der Waals surface area (Å²) in [5.41, 5.74) is 0.491. The van der Waals surface area contributed by atoms with E-state index in [2.05, 4.69) is 17.0 Å². The molecule has 0 amide bonds. The van der Waals surface area contributed by atoms with Crippen LogP contribution in [-0.2, 0) is 4.79 Å². The van der Waals surface area contributed by atoms with E-state index in [1.165, 1.54) is 0 Å². The Bertz CT molecular complexity index is 333. The molecule has 6 heteroatoms. The number of hydrogen-bond acceptors (Lipinski definition) is 5. The lowest BCUT2D eigenvalue weighted by molar-refractivity contribution is -0.122. The van der Waals surface area contributed by atoms with Gasteiger partial charge in [-0.05, 0) is 25.9 Å². The molecule has 0 spiro atoms. The first-order valence-corrected chi connectivity index (χ1v) is 6.83. The van der Waals surface area contributed by atoms with E-state index in [0.29, 0.717) is 6.42 Å². The van der Waals surface area contributed by atoms with Crippen molar-refractivity contribution >= 4 is 35.9 Å². The number of thioether (sulfide) groups is 1. The first-order valence-electron chi connectivity index (χ1n) is 5.41. The summed E-state index contributed by atoms with van der Waals surface area (Å²) in [5, 5.41) is 11.7. The van der Waals surface area contributed by atoms with Gasteiger partial charge in [-0.25, -0.2) is 0 Å². The third-order valence-electron chi connectivity index (χ3n) is 2.67. The van der Waals surface area contributed by atoms with Crippen LogP contribution in [0.15, 0.2) is 15.6 Å². The smallest absolute Gasteiger partial charge is 0.158 e. The SMILES string of the molecule is C=NC1=C([C@@H](Cl)NC)SCCC1CC(=O)CO. The van der Waals surface area contributed by atoms with Crippen molar-refractivity contribution in [2.75, 3.05) is 19.4 Å². The number of ketones is 1. The number of aliphatic imine (C=N–C) groups is 1. The number of nitrogens with zero attached hydrogens (tertiary/aromatic N) is 1. The van der Waals surface area contributed by atoms with Crippen molar-refractivity contribution in [3.8, 4) is 0 Å². The van der Waals surface area contributed by atoms with Crippen molar-refractivity contribution in [3.05, 3.63) is 10.6 Å². The van der Waals surface area contributed by atoms with Crippen LogP contribution in [0.4, 0.5) is 0 Å². The van der Waals surface area contributed by atoms with Crippen molar-refractivity contribution in [2.45, 2.75) is 18.3 Å². The molecule has 2 N–H and O–H groups in total. The van der Waals surface area contributed by atoms with Gasteiger partial charge in [-0.15, -0.1) is 11.8 Å². The number of halogens is 1. The minimum absolute atomic E-state index is 0.0259. The predicted octanol–water partition coefficient (Wildman–Crippen LogP) is 1.39. The number of likely N-dealkylation sites (N-methyl/N-ethyl adjacent to an activating group) is 1. The number of nitrogens with one attached hydrogen (secondary N) is 1. The number of alkyl halides is 1. The van der Waals surface area contributed by atoms with Gasteiger partial charge in [0.1, 0.15) is 12.1 Å². The van der Waals surface area contributed by atoms with E-state index in [0.717, 1.165) is 22.8 Å². The summed E-state index contributed by atoms with van der Waals surface area (Å²) in [6, 6.07) is 0. The van der Waals surface area contributed by atoms with Crippen molar-refractivity contribution in [1.29, 1.82) is 0 Å². The molecule has 0 saturated heterocycles. The second-order valence-corrected chi connectivity index (χ2v) is 5.37. The number of hydrogen-bond donors (Lipinski definition) is 2. The predicted molar refractivity (Wildman–Crippen MR) is 72.6 cm³/mol. The van der Waals surface area contributed by atoms with Gasteiger partial charge in [0.15, 0.2) is 5.78 Å². The molecule has 0 bridgehead atoms. The Morgan fingerprint density at radius 1 is 1.82 bits per heavy atom. The van der Waals surface area contributed by atoms with Crippen LogP contribution in [0.3, 0.4) is 0 Å². The third kappa shape index (κ3) is 3.81. The summed E-state index contributed by atoms with van der Waals surface area (Å²) >= 11 is 7.79. The van der Waals surface area contributed by atoms with E-state index in [1.807, 2.05) is 0 Å². The molecule has 1 unspecified atom stereocenters. The first-order chi connectivity index (χ1) is 8.13.